The number of rotatable bonds is 6. The summed E-state index contributed by atoms with van der Waals surface area (Å²) in [5.74, 6) is 1.49. The molecule has 0 saturated carbocycles. The summed E-state index contributed by atoms with van der Waals surface area (Å²) in [6.45, 7) is 5.74. The summed E-state index contributed by atoms with van der Waals surface area (Å²) in [6, 6.07) is 12.5. The average molecular weight is 312 g/mol. The third kappa shape index (κ3) is 4.42. The minimum absolute atomic E-state index is 0.191. The zero-order valence-corrected chi connectivity index (χ0v) is 13.7. The van der Waals surface area contributed by atoms with E-state index in [2.05, 4.69) is 39.7 Å². The second-order valence-corrected chi connectivity index (χ2v) is 6.01. The van der Waals surface area contributed by atoms with Crippen molar-refractivity contribution >= 4 is 11.8 Å². The van der Waals surface area contributed by atoms with Gasteiger partial charge in [-0.3, -0.25) is 0 Å². The third-order valence-corrected chi connectivity index (χ3v) is 4.03. The fourth-order valence-corrected chi connectivity index (χ4v) is 2.78. The van der Waals surface area contributed by atoms with Crippen LogP contribution in [0.3, 0.4) is 0 Å². The molecule has 2 aromatic rings. The first kappa shape index (κ1) is 15.7. The van der Waals surface area contributed by atoms with Gasteiger partial charge in [0.15, 0.2) is 0 Å². The Morgan fingerprint density at radius 2 is 2.09 bits per heavy atom. The molecule has 1 fully saturated rings. The Bertz CT molecular complexity index is 626. The molecule has 1 aromatic carbocycles. The van der Waals surface area contributed by atoms with Crippen molar-refractivity contribution in [3.05, 3.63) is 47.7 Å². The Morgan fingerprint density at radius 3 is 2.83 bits per heavy atom. The number of hydrogen-bond acceptors (Lipinski definition) is 5. The molecular formula is C18H24N4O. The van der Waals surface area contributed by atoms with Gasteiger partial charge in [0, 0.05) is 31.0 Å². The molecule has 0 spiro atoms. The summed E-state index contributed by atoms with van der Waals surface area (Å²) in [7, 11) is 0. The van der Waals surface area contributed by atoms with Gasteiger partial charge >= 0.3 is 0 Å². The predicted octanol–water partition coefficient (Wildman–Crippen LogP) is 3.55. The van der Waals surface area contributed by atoms with Crippen LogP contribution < -0.4 is 10.6 Å². The molecule has 1 saturated heterocycles. The molecule has 1 aliphatic heterocycles. The maximum Gasteiger partial charge on any atom is 0.224 e. The van der Waals surface area contributed by atoms with E-state index in [9.17, 15) is 0 Å². The standard InChI is InChI=1S/C18H24N4O/c1-13-11-17(21-14(2)15-7-4-3-5-8-15)22-18(20-13)19-12-16-9-6-10-23-16/h3-5,7-8,11,14,16H,6,9-10,12H2,1-2H3,(H2,19,20,21,22). The first-order valence-corrected chi connectivity index (χ1v) is 8.23. The van der Waals surface area contributed by atoms with Crippen molar-refractivity contribution < 1.29 is 4.74 Å². The van der Waals surface area contributed by atoms with E-state index in [1.165, 1.54) is 5.56 Å². The highest BCUT2D eigenvalue weighted by Gasteiger charge is 2.15. The van der Waals surface area contributed by atoms with E-state index in [1.807, 2.05) is 31.2 Å². The fraction of sp³-hybridized carbons (Fsp3) is 0.444. The van der Waals surface area contributed by atoms with Crippen molar-refractivity contribution in [2.24, 2.45) is 0 Å². The molecule has 0 aliphatic carbocycles. The van der Waals surface area contributed by atoms with Crippen LogP contribution in [0.2, 0.25) is 0 Å². The molecule has 0 amide bonds. The minimum Gasteiger partial charge on any atom is -0.376 e. The van der Waals surface area contributed by atoms with Crippen molar-refractivity contribution in [1.29, 1.82) is 0 Å². The van der Waals surface area contributed by atoms with Gasteiger partial charge in [-0.2, -0.15) is 4.98 Å². The van der Waals surface area contributed by atoms with Crippen LogP contribution in [0.15, 0.2) is 36.4 Å². The van der Waals surface area contributed by atoms with E-state index in [4.69, 9.17) is 4.74 Å². The summed E-state index contributed by atoms with van der Waals surface area (Å²) in [4.78, 5) is 9.03. The van der Waals surface area contributed by atoms with Gasteiger partial charge in [-0.15, -0.1) is 0 Å². The molecule has 0 radical (unpaired) electrons. The summed E-state index contributed by atoms with van der Waals surface area (Å²) in [6.07, 6.45) is 2.52. The Labute approximate surface area is 137 Å². The number of nitrogens with zero attached hydrogens (tertiary/aromatic N) is 2. The molecule has 5 heteroatoms. The van der Waals surface area contributed by atoms with E-state index in [0.29, 0.717) is 5.95 Å². The smallest absolute Gasteiger partial charge is 0.224 e. The largest absolute Gasteiger partial charge is 0.376 e. The highest BCUT2D eigenvalue weighted by molar-refractivity contribution is 5.44. The summed E-state index contributed by atoms with van der Waals surface area (Å²) in [5.41, 5.74) is 2.18. The number of ether oxygens (including phenoxy) is 1. The molecule has 5 nitrogen and oxygen atoms in total. The van der Waals surface area contributed by atoms with Crippen molar-refractivity contribution in [2.75, 3.05) is 23.8 Å². The zero-order valence-electron chi connectivity index (χ0n) is 13.7. The SMILES string of the molecule is Cc1cc(NC(C)c2ccccc2)nc(NCC2CCCO2)n1. The lowest BCUT2D eigenvalue weighted by atomic mass is 10.1. The zero-order chi connectivity index (χ0) is 16.1. The van der Waals surface area contributed by atoms with Gasteiger partial charge in [-0.05, 0) is 32.3 Å². The maximum atomic E-state index is 5.62. The van der Waals surface area contributed by atoms with Crippen molar-refractivity contribution in [2.45, 2.75) is 38.8 Å². The molecule has 2 unspecified atom stereocenters. The number of hydrogen-bond donors (Lipinski definition) is 2. The Balaban J connectivity index is 1.64. The van der Waals surface area contributed by atoms with Crippen LogP contribution >= 0.6 is 0 Å². The van der Waals surface area contributed by atoms with E-state index in [0.717, 1.165) is 37.5 Å². The van der Waals surface area contributed by atoms with Crippen molar-refractivity contribution in [3.63, 3.8) is 0 Å². The Kier molecular flexibility index (Phi) is 5.08. The third-order valence-electron chi connectivity index (χ3n) is 4.03. The Hall–Kier alpha value is -2.14. The van der Waals surface area contributed by atoms with E-state index < -0.39 is 0 Å². The van der Waals surface area contributed by atoms with Crippen LogP contribution in [0.25, 0.3) is 0 Å². The Morgan fingerprint density at radius 1 is 1.26 bits per heavy atom. The van der Waals surface area contributed by atoms with Gasteiger partial charge in [0.05, 0.1) is 6.10 Å². The summed E-state index contributed by atoms with van der Waals surface area (Å²) in [5, 5.41) is 6.74. The van der Waals surface area contributed by atoms with Crippen LogP contribution in [0.5, 0.6) is 0 Å². The van der Waals surface area contributed by atoms with Crippen LogP contribution in [0.4, 0.5) is 11.8 Å². The number of aromatic nitrogens is 2. The monoisotopic (exact) mass is 312 g/mol. The molecule has 122 valence electrons. The lowest BCUT2D eigenvalue weighted by molar-refractivity contribution is 0.120. The quantitative estimate of drug-likeness (QED) is 0.854. The average Bonchev–Trinajstić information content (AvgIpc) is 3.07. The van der Waals surface area contributed by atoms with Crippen LogP contribution in [0, 0.1) is 6.92 Å². The van der Waals surface area contributed by atoms with Gasteiger partial charge < -0.3 is 15.4 Å². The first-order chi connectivity index (χ1) is 11.2. The van der Waals surface area contributed by atoms with E-state index in [-0.39, 0.29) is 12.1 Å². The second-order valence-electron chi connectivity index (χ2n) is 6.01. The number of aryl methyl sites for hydroxylation is 1. The van der Waals surface area contributed by atoms with Crippen molar-refractivity contribution in [1.82, 2.24) is 9.97 Å². The summed E-state index contributed by atoms with van der Waals surface area (Å²) >= 11 is 0. The van der Waals surface area contributed by atoms with E-state index >= 15 is 0 Å². The van der Waals surface area contributed by atoms with E-state index in [1.54, 1.807) is 0 Å². The van der Waals surface area contributed by atoms with Gasteiger partial charge in [0.1, 0.15) is 5.82 Å². The molecule has 2 N–H and O–H groups in total. The molecular weight excluding hydrogens is 288 g/mol. The highest BCUT2D eigenvalue weighted by Crippen LogP contribution is 2.19. The molecule has 3 rings (SSSR count). The number of benzene rings is 1. The van der Waals surface area contributed by atoms with Gasteiger partial charge in [0.25, 0.3) is 0 Å². The van der Waals surface area contributed by atoms with Crippen LogP contribution in [0.1, 0.15) is 37.1 Å². The molecule has 1 aliphatic rings. The number of nitrogens with one attached hydrogen (secondary N) is 2. The summed E-state index contributed by atoms with van der Waals surface area (Å²) < 4.78 is 5.62. The molecule has 1 aromatic heterocycles. The predicted molar refractivity (Wildman–Crippen MR) is 92.7 cm³/mol. The lowest BCUT2D eigenvalue weighted by Gasteiger charge is -2.16. The molecule has 2 atom stereocenters. The molecule has 0 bridgehead atoms. The van der Waals surface area contributed by atoms with Gasteiger partial charge in [0.2, 0.25) is 5.95 Å². The topological polar surface area (TPSA) is 59.1 Å². The van der Waals surface area contributed by atoms with Crippen LogP contribution in [-0.4, -0.2) is 29.2 Å². The van der Waals surface area contributed by atoms with Gasteiger partial charge in [-0.25, -0.2) is 4.98 Å². The van der Waals surface area contributed by atoms with Crippen LogP contribution in [-0.2, 0) is 4.74 Å². The maximum absolute atomic E-state index is 5.62. The molecule has 2 heterocycles. The van der Waals surface area contributed by atoms with Crippen molar-refractivity contribution in [3.8, 4) is 0 Å². The minimum atomic E-state index is 0.191. The highest BCUT2D eigenvalue weighted by atomic mass is 16.5. The lowest BCUT2D eigenvalue weighted by Crippen LogP contribution is -2.20. The number of anilines is 2. The van der Waals surface area contributed by atoms with Gasteiger partial charge in [-0.1, -0.05) is 30.3 Å². The first-order valence-electron chi connectivity index (χ1n) is 8.23. The fourth-order valence-electron chi connectivity index (χ4n) is 2.78. The second kappa shape index (κ2) is 7.42. The normalized spacial score (nSPS) is 18.6. The molecule has 23 heavy (non-hydrogen) atoms.